The van der Waals surface area contributed by atoms with Crippen molar-refractivity contribution in [3.63, 3.8) is 0 Å². The molecule has 0 amide bonds. The van der Waals surface area contributed by atoms with E-state index >= 15 is 0 Å². The predicted octanol–water partition coefficient (Wildman–Crippen LogP) is 3.72. The van der Waals surface area contributed by atoms with E-state index in [0.29, 0.717) is 5.95 Å². The molecule has 0 radical (unpaired) electrons. The van der Waals surface area contributed by atoms with E-state index in [-0.39, 0.29) is 5.41 Å². The molecule has 144 valence electrons. The highest BCUT2D eigenvalue weighted by atomic mass is 16.5. The average molecular weight is 367 g/mol. The number of piperidine rings is 1. The summed E-state index contributed by atoms with van der Waals surface area (Å²) in [6, 6.07) is 8.60. The molecule has 1 aromatic heterocycles. The van der Waals surface area contributed by atoms with Crippen molar-refractivity contribution >= 4 is 5.95 Å². The van der Waals surface area contributed by atoms with Crippen LogP contribution in [0.3, 0.4) is 0 Å². The Morgan fingerprint density at radius 2 is 2.07 bits per heavy atom. The van der Waals surface area contributed by atoms with Gasteiger partial charge in [-0.05, 0) is 61.9 Å². The van der Waals surface area contributed by atoms with E-state index < -0.39 is 0 Å². The Morgan fingerprint density at radius 1 is 1.22 bits per heavy atom. The highest BCUT2D eigenvalue weighted by Crippen LogP contribution is 2.44. The van der Waals surface area contributed by atoms with Crippen LogP contribution in [-0.4, -0.2) is 34.6 Å². The lowest BCUT2D eigenvalue weighted by Gasteiger charge is -2.40. The van der Waals surface area contributed by atoms with Crippen molar-refractivity contribution in [1.29, 1.82) is 0 Å². The Morgan fingerprint density at radius 3 is 2.89 bits per heavy atom. The number of unbranched alkanes of at least 4 members (excludes halogenated alkanes) is 1. The first kappa shape index (κ1) is 18.2. The fourth-order valence-electron chi connectivity index (χ4n) is 4.60. The van der Waals surface area contributed by atoms with Crippen molar-refractivity contribution in [3.8, 4) is 5.75 Å². The molecule has 2 heterocycles. The molecule has 1 aliphatic carbocycles. The number of nitrogen functional groups attached to an aromatic ring is 1. The highest BCUT2D eigenvalue weighted by molar-refractivity contribution is 5.37. The normalized spacial score (nSPS) is 22.1. The van der Waals surface area contributed by atoms with Crippen molar-refractivity contribution in [2.45, 2.75) is 57.4 Å². The second-order valence-electron chi connectivity index (χ2n) is 8.04. The molecule has 5 heteroatoms. The van der Waals surface area contributed by atoms with Crippen LogP contribution in [0.1, 0.15) is 55.8 Å². The SMILES string of the molecule is CCCCOc1ccc(CN2CCCC3(CCc4cnc(N)nc43)C2)cc1. The third-order valence-corrected chi connectivity index (χ3v) is 6.01. The molecule has 1 saturated heterocycles. The Balaban J connectivity index is 1.42. The number of anilines is 1. The number of fused-ring (bicyclic) bond motifs is 2. The Hall–Kier alpha value is -2.14. The highest BCUT2D eigenvalue weighted by Gasteiger charge is 2.43. The van der Waals surface area contributed by atoms with Gasteiger partial charge in [0.2, 0.25) is 5.95 Å². The minimum atomic E-state index is 0.161. The zero-order chi connectivity index (χ0) is 18.7. The van der Waals surface area contributed by atoms with Crippen LogP contribution >= 0.6 is 0 Å². The summed E-state index contributed by atoms with van der Waals surface area (Å²) in [6.45, 7) is 6.17. The summed E-state index contributed by atoms with van der Waals surface area (Å²) in [4.78, 5) is 11.4. The molecule has 2 aromatic rings. The van der Waals surface area contributed by atoms with Gasteiger partial charge in [-0.25, -0.2) is 9.97 Å². The molecule has 4 rings (SSSR count). The molecule has 1 unspecified atom stereocenters. The first-order valence-corrected chi connectivity index (χ1v) is 10.2. The molecule has 1 fully saturated rings. The second-order valence-corrected chi connectivity index (χ2v) is 8.04. The van der Waals surface area contributed by atoms with Gasteiger partial charge < -0.3 is 10.5 Å². The van der Waals surface area contributed by atoms with E-state index in [2.05, 4.69) is 46.1 Å². The van der Waals surface area contributed by atoms with Crippen LogP contribution in [0.5, 0.6) is 5.75 Å². The monoisotopic (exact) mass is 366 g/mol. The summed E-state index contributed by atoms with van der Waals surface area (Å²) < 4.78 is 5.78. The standard InChI is InChI=1S/C22H30N4O/c1-2-3-13-27-19-7-5-17(6-8-19)15-26-12-4-10-22(16-26)11-9-18-14-24-21(23)25-20(18)22/h5-8,14H,2-4,9-13,15-16H2,1H3,(H2,23,24,25). The van der Waals surface area contributed by atoms with E-state index in [9.17, 15) is 0 Å². The predicted molar refractivity (Wildman–Crippen MR) is 108 cm³/mol. The molecule has 1 aliphatic heterocycles. The summed E-state index contributed by atoms with van der Waals surface area (Å²) >= 11 is 0. The lowest BCUT2D eigenvalue weighted by Crippen LogP contribution is -2.45. The van der Waals surface area contributed by atoms with Gasteiger partial charge in [-0.1, -0.05) is 25.5 Å². The van der Waals surface area contributed by atoms with E-state index in [4.69, 9.17) is 10.5 Å². The maximum atomic E-state index is 5.89. The minimum Gasteiger partial charge on any atom is -0.494 e. The van der Waals surface area contributed by atoms with Gasteiger partial charge in [-0.3, -0.25) is 4.90 Å². The van der Waals surface area contributed by atoms with E-state index in [1.54, 1.807) is 0 Å². The number of likely N-dealkylation sites (tertiary alicyclic amines) is 1. The molecule has 2 N–H and O–H groups in total. The summed E-state index contributed by atoms with van der Waals surface area (Å²) in [5, 5.41) is 0. The van der Waals surface area contributed by atoms with Gasteiger partial charge in [-0.15, -0.1) is 0 Å². The van der Waals surface area contributed by atoms with Crippen LogP contribution in [-0.2, 0) is 18.4 Å². The van der Waals surface area contributed by atoms with Crippen LogP contribution < -0.4 is 10.5 Å². The quantitative estimate of drug-likeness (QED) is 0.790. The Kier molecular flexibility index (Phi) is 5.30. The molecule has 1 atom stereocenters. The zero-order valence-corrected chi connectivity index (χ0v) is 16.3. The molecular weight excluding hydrogens is 336 g/mol. The van der Waals surface area contributed by atoms with Gasteiger partial charge in [0.15, 0.2) is 0 Å². The molecule has 27 heavy (non-hydrogen) atoms. The molecule has 0 saturated carbocycles. The van der Waals surface area contributed by atoms with E-state index in [1.807, 2.05) is 6.20 Å². The molecular formula is C22H30N4O. The topological polar surface area (TPSA) is 64.3 Å². The Bertz CT molecular complexity index is 772. The first-order valence-electron chi connectivity index (χ1n) is 10.2. The number of benzene rings is 1. The fraction of sp³-hybridized carbons (Fsp3) is 0.545. The molecule has 5 nitrogen and oxygen atoms in total. The molecule has 1 aromatic carbocycles. The Labute approximate surface area is 162 Å². The number of ether oxygens (including phenoxy) is 1. The second kappa shape index (κ2) is 7.85. The third kappa shape index (κ3) is 3.93. The van der Waals surface area contributed by atoms with Gasteiger partial charge in [0, 0.05) is 24.7 Å². The third-order valence-electron chi connectivity index (χ3n) is 6.01. The van der Waals surface area contributed by atoms with E-state index in [0.717, 1.165) is 51.3 Å². The van der Waals surface area contributed by atoms with Gasteiger partial charge in [-0.2, -0.15) is 0 Å². The number of rotatable bonds is 6. The maximum Gasteiger partial charge on any atom is 0.220 e. The van der Waals surface area contributed by atoms with Crippen molar-refractivity contribution in [2.75, 3.05) is 25.4 Å². The van der Waals surface area contributed by atoms with Gasteiger partial charge >= 0.3 is 0 Å². The first-order chi connectivity index (χ1) is 13.2. The number of nitrogens with two attached hydrogens (primary N) is 1. The van der Waals surface area contributed by atoms with Crippen molar-refractivity contribution in [3.05, 3.63) is 47.3 Å². The van der Waals surface area contributed by atoms with Crippen molar-refractivity contribution in [1.82, 2.24) is 14.9 Å². The van der Waals surface area contributed by atoms with Gasteiger partial charge in [0.05, 0.1) is 12.3 Å². The summed E-state index contributed by atoms with van der Waals surface area (Å²) in [5.74, 6) is 1.38. The summed E-state index contributed by atoms with van der Waals surface area (Å²) in [7, 11) is 0. The van der Waals surface area contributed by atoms with Crippen molar-refractivity contribution < 1.29 is 4.74 Å². The van der Waals surface area contributed by atoms with Gasteiger partial charge in [0.1, 0.15) is 5.75 Å². The smallest absolute Gasteiger partial charge is 0.220 e. The van der Waals surface area contributed by atoms with E-state index in [1.165, 1.54) is 36.1 Å². The molecule has 1 spiro atoms. The number of nitrogens with zero attached hydrogens (tertiary/aromatic N) is 3. The van der Waals surface area contributed by atoms with Crippen LogP contribution in [0.2, 0.25) is 0 Å². The average Bonchev–Trinajstić information content (AvgIpc) is 3.01. The number of hydrogen-bond acceptors (Lipinski definition) is 5. The van der Waals surface area contributed by atoms with Crippen LogP contribution in [0, 0.1) is 0 Å². The minimum absolute atomic E-state index is 0.161. The number of aryl methyl sites for hydroxylation is 1. The molecule has 2 aliphatic rings. The van der Waals surface area contributed by atoms with Crippen LogP contribution in [0.25, 0.3) is 0 Å². The van der Waals surface area contributed by atoms with Crippen LogP contribution in [0.4, 0.5) is 5.95 Å². The maximum absolute atomic E-state index is 5.89. The largest absolute Gasteiger partial charge is 0.494 e. The number of aromatic nitrogens is 2. The lowest BCUT2D eigenvalue weighted by molar-refractivity contribution is 0.137. The lowest BCUT2D eigenvalue weighted by atomic mass is 9.77. The summed E-state index contributed by atoms with van der Waals surface area (Å²) in [5.41, 5.74) is 9.89. The zero-order valence-electron chi connectivity index (χ0n) is 16.3. The summed E-state index contributed by atoms with van der Waals surface area (Å²) in [6.07, 6.45) is 8.86. The van der Waals surface area contributed by atoms with Crippen LogP contribution in [0.15, 0.2) is 30.5 Å². The fourth-order valence-corrected chi connectivity index (χ4v) is 4.60. The van der Waals surface area contributed by atoms with Gasteiger partial charge in [0.25, 0.3) is 0 Å². The number of hydrogen-bond donors (Lipinski definition) is 1. The molecule has 0 bridgehead atoms. The van der Waals surface area contributed by atoms with Crippen molar-refractivity contribution in [2.24, 2.45) is 0 Å².